The average molecular weight is 314 g/mol. The van der Waals surface area contributed by atoms with E-state index < -0.39 is 0 Å². The average Bonchev–Trinajstić information content (AvgIpc) is 2.90. The summed E-state index contributed by atoms with van der Waals surface area (Å²) in [6.45, 7) is 0. The van der Waals surface area contributed by atoms with Crippen molar-refractivity contribution in [3.63, 3.8) is 0 Å². The Kier molecular flexibility index (Phi) is 2.33. The second-order valence-electron chi connectivity index (χ2n) is 5.09. The van der Waals surface area contributed by atoms with Gasteiger partial charge in [0.15, 0.2) is 5.43 Å². The van der Waals surface area contributed by atoms with Crippen molar-refractivity contribution in [2.75, 3.05) is 0 Å². The third kappa shape index (κ3) is 1.51. The summed E-state index contributed by atoms with van der Waals surface area (Å²) in [5.41, 5.74) is 3.29. The van der Waals surface area contributed by atoms with Crippen LogP contribution in [0.3, 0.4) is 0 Å². The standard InChI is InChI=1S/C16H12BrNO/c17-13-8-12-15(10-5-2-1-4-9(10)13)18-14-7-3-6-11(14)16(12)19/h1-2,4-5,8H,3,6-7H2,(H,18,19). The number of aryl methyl sites for hydroxylation is 1. The second kappa shape index (κ2) is 3.94. The fraction of sp³-hybridized carbons (Fsp3) is 0.188. The van der Waals surface area contributed by atoms with E-state index in [9.17, 15) is 4.79 Å². The Balaban J connectivity index is 2.29. The number of aromatic nitrogens is 1. The molecule has 4 rings (SSSR count). The van der Waals surface area contributed by atoms with Gasteiger partial charge in [0.05, 0.1) is 5.52 Å². The molecule has 0 unspecified atom stereocenters. The van der Waals surface area contributed by atoms with Gasteiger partial charge in [0, 0.05) is 26.5 Å². The number of halogens is 1. The third-order valence-corrected chi connectivity index (χ3v) is 4.66. The predicted octanol–water partition coefficient (Wildman–Crippen LogP) is 3.93. The van der Waals surface area contributed by atoms with E-state index in [1.54, 1.807) is 0 Å². The first-order valence-corrected chi connectivity index (χ1v) is 7.30. The molecule has 1 heterocycles. The van der Waals surface area contributed by atoms with E-state index in [4.69, 9.17) is 0 Å². The van der Waals surface area contributed by atoms with Gasteiger partial charge in [0.25, 0.3) is 0 Å². The highest BCUT2D eigenvalue weighted by Crippen LogP contribution is 2.31. The Bertz CT molecular complexity index is 879. The fourth-order valence-electron chi connectivity index (χ4n) is 3.09. The molecule has 1 aliphatic rings. The van der Waals surface area contributed by atoms with Crippen molar-refractivity contribution in [1.82, 2.24) is 4.98 Å². The van der Waals surface area contributed by atoms with Gasteiger partial charge in [0.2, 0.25) is 0 Å². The van der Waals surface area contributed by atoms with Crippen LogP contribution in [-0.2, 0) is 12.8 Å². The normalized spacial score (nSPS) is 14.2. The minimum absolute atomic E-state index is 0.202. The van der Waals surface area contributed by atoms with Crippen LogP contribution < -0.4 is 5.43 Å². The molecule has 0 fully saturated rings. The first-order chi connectivity index (χ1) is 9.25. The lowest BCUT2D eigenvalue weighted by molar-refractivity contribution is 0.900. The zero-order valence-electron chi connectivity index (χ0n) is 10.3. The summed E-state index contributed by atoms with van der Waals surface area (Å²) in [5.74, 6) is 0. The molecule has 0 saturated carbocycles. The van der Waals surface area contributed by atoms with Crippen LogP contribution in [0.2, 0.25) is 0 Å². The maximum atomic E-state index is 12.6. The lowest BCUT2D eigenvalue weighted by atomic mass is 10.0. The van der Waals surface area contributed by atoms with Crippen molar-refractivity contribution >= 4 is 37.6 Å². The van der Waals surface area contributed by atoms with Crippen LogP contribution in [0.5, 0.6) is 0 Å². The van der Waals surface area contributed by atoms with Gasteiger partial charge in [-0.15, -0.1) is 0 Å². The highest BCUT2D eigenvalue weighted by Gasteiger charge is 2.18. The van der Waals surface area contributed by atoms with E-state index in [-0.39, 0.29) is 5.43 Å². The second-order valence-corrected chi connectivity index (χ2v) is 5.95. The Labute approximate surface area is 118 Å². The Morgan fingerprint density at radius 2 is 1.84 bits per heavy atom. The summed E-state index contributed by atoms with van der Waals surface area (Å²) >= 11 is 3.58. The van der Waals surface area contributed by atoms with Crippen molar-refractivity contribution in [2.24, 2.45) is 0 Å². The van der Waals surface area contributed by atoms with E-state index in [2.05, 4.69) is 33.0 Å². The number of pyridine rings is 1. The molecule has 0 atom stereocenters. The molecule has 94 valence electrons. The van der Waals surface area contributed by atoms with Crippen molar-refractivity contribution in [3.8, 4) is 0 Å². The van der Waals surface area contributed by atoms with E-state index in [0.29, 0.717) is 0 Å². The van der Waals surface area contributed by atoms with Crippen LogP contribution in [0.15, 0.2) is 39.6 Å². The Hall–Kier alpha value is -1.61. The van der Waals surface area contributed by atoms with Crippen LogP contribution in [0.4, 0.5) is 0 Å². The maximum Gasteiger partial charge on any atom is 0.192 e. The van der Waals surface area contributed by atoms with Gasteiger partial charge in [-0.2, -0.15) is 0 Å². The minimum Gasteiger partial charge on any atom is -0.357 e. The van der Waals surface area contributed by atoms with Gasteiger partial charge in [-0.3, -0.25) is 4.79 Å². The molecule has 0 spiro atoms. The van der Waals surface area contributed by atoms with Gasteiger partial charge in [-0.1, -0.05) is 40.2 Å². The predicted molar refractivity (Wildman–Crippen MR) is 81.8 cm³/mol. The third-order valence-electron chi connectivity index (χ3n) is 4.01. The minimum atomic E-state index is 0.202. The van der Waals surface area contributed by atoms with Crippen LogP contribution in [0.25, 0.3) is 21.7 Å². The van der Waals surface area contributed by atoms with Gasteiger partial charge in [-0.05, 0) is 30.7 Å². The zero-order valence-corrected chi connectivity index (χ0v) is 11.9. The van der Waals surface area contributed by atoms with Crippen LogP contribution in [0.1, 0.15) is 17.7 Å². The molecular weight excluding hydrogens is 302 g/mol. The number of benzene rings is 2. The topological polar surface area (TPSA) is 32.9 Å². The monoisotopic (exact) mass is 313 g/mol. The summed E-state index contributed by atoms with van der Waals surface area (Å²) in [5, 5.41) is 3.05. The molecule has 1 aliphatic carbocycles. The van der Waals surface area contributed by atoms with Crippen LogP contribution in [0, 0.1) is 0 Å². The number of hydrogen-bond acceptors (Lipinski definition) is 1. The van der Waals surface area contributed by atoms with Gasteiger partial charge < -0.3 is 4.98 Å². The molecule has 19 heavy (non-hydrogen) atoms. The molecule has 1 N–H and O–H groups in total. The quantitative estimate of drug-likeness (QED) is 0.627. The number of H-pyrrole nitrogens is 1. The molecule has 3 aromatic rings. The maximum absolute atomic E-state index is 12.6. The molecule has 1 aromatic heterocycles. The molecular formula is C16H12BrNO. The van der Waals surface area contributed by atoms with Crippen molar-refractivity contribution < 1.29 is 0 Å². The van der Waals surface area contributed by atoms with Crippen LogP contribution in [-0.4, -0.2) is 4.98 Å². The first-order valence-electron chi connectivity index (χ1n) is 6.50. The first kappa shape index (κ1) is 11.2. The smallest absolute Gasteiger partial charge is 0.192 e. The highest BCUT2D eigenvalue weighted by atomic mass is 79.9. The number of rotatable bonds is 0. The van der Waals surface area contributed by atoms with Gasteiger partial charge in [0.1, 0.15) is 0 Å². The summed E-state index contributed by atoms with van der Waals surface area (Å²) in [6.07, 6.45) is 2.98. The molecule has 2 aromatic carbocycles. The van der Waals surface area contributed by atoms with Crippen molar-refractivity contribution in [2.45, 2.75) is 19.3 Å². The largest absolute Gasteiger partial charge is 0.357 e. The van der Waals surface area contributed by atoms with Crippen molar-refractivity contribution in [3.05, 3.63) is 56.3 Å². The van der Waals surface area contributed by atoms with E-state index >= 15 is 0 Å². The molecule has 0 aliphatic heterocycles. The highest BCUT2D eigenvalue weighted by molar-refractivity contribution is 9.10. The number of fused-ring (bicyclic) bond motifs is 4. The molecule has 2 nitrogen and oxygen atoms in total. The Morgan fingerprint density at radius 1 is 1.05 bits per heavy atom. The molecule has 0 amide bonds. The Morgan fingerprint density at radius 3 is 2.68 bits per heavy atom. The molecule has 0 radical (unpaired) electrons. The molecule has 0 bridgehead atoms. The number of aromatic amines is 1. The van der Waals surface area contributed by atoms with E-state index in [0.717, 1.165) is 56.7 Å². The summed E-state index contributed by atoms with van der Waals surface area (Å²) in [7, 11) is 0. The summed E-state index contributed by atoms with van der Waals surface area (Å²) in [4.78, 5) is 16.1. The number of hydrogen-bond donors (Lipinski definition) is 1. The van der Waals surface area contributed by atoms with E-state index in [1.165, 1.54) is 0 Å². The lowest BCUT2D eigenvalue weighted by Gasteiger charge is -2.09. The van der Waals surface area contributed by atoms with Gasteiger partial charge in [-0.25, -0.2) is 0 Å². The molecule has 0 saturated heterocycles. The zero-order chi connectivity index (χ0) is 13.0. The fourth-order valence-corrected chi connectivity index (χ4v) is 3.67. The molecule has 3 heteroatoms. The van der Waals surface area contributed by atoms with Crippen LogP contribution >= 0.6 is 15.9 Å². The number of nitrogens with one attached hydrogen (secondary N) is 1. The van der Waals surface area contributed by atoms with E-state index in [1.807, 2.05) is 18.2 Å². The summed E-state index contributed by atoms with van der Waals surface area (Å²) < 4.78 is 0.985. The lowest BCUT2D eigenvalue weighted by Crippen LogP contribution is -2.10. The SMILES string of the molecule is O=c1c2c([nH]c3c1cc(Br)c1ccccc13)CCC2. The van der Waals surface area contributed by atoms with Gasteiger partial charge >= 0.3 is 0 Å². The summed E-state index contributed by atoms with van der Waals surface area (Å²) in [6, 6.07) is 10.1. The van der Waals surface area contributed by atoms with Crippen molar-refractivity contribution in [1.29, 1.82) is 0 Å².